The average Bonchev–Trinajstić information content (AvgIpc) is 2.80. The minimum absolute atomic E-state index is 0.0743. The van der Waals surface area contributed by atoms with Gasteiger partial charge in [-0.1, -0.05) is 13.3 Å². The second-order valence-corrected chi connectivity index (χ2v) is 4.81. The van der Waals surface area contributed by atoms with E-state index in [-0.39, 0.29) is 6.29 Å². The largest absolute Gasteiger partial charge is 0.356 e. The first kappa shape index (κ1) is 10.4. The maximum Gasteiger partial charge on any atom is 0.160 e. The molecule has 0 N–H and O–H groups in total. The van der Waals surface area contributed by atoms with Gasteiger partial charge in [-0.15, -0.1) is 0 Å². The molecule has 2 aliphatic rings. The molecule has 0 aromatic carbocycles. The van der Waals surface area contributed by atoms with Crippen LogP contribution < -0.4 is 0 Å². The van der Waals surface area contributed by atoms with Gasteiger partial charge in [-0.3, -0.25) is 0 Å². The van der Waals surface area contributed by atoms with Gasteiger partial charge in [0.05, 0.1) is 0 Å². The molecule has 14 heavy (non-hydrogen) atoms. The number of hydrogen-bond acceptors (Lipinski definition) is 2. The Morgan fingerprint density at radius 1 is 1.29 bits per heavy atom. The van der Waals surface area contributed by atoms with Crippen LogP contribution in [0.5, 0.6) is 0 Å². The van der Waals surface area contributed by atoms with Gasteiger partial charge in [0.1, 0.15) is 0 Å². The molecule has 4 atom stereocenters. The van der Waals surface area contributed by atoms with Gasteiger partial charge < -0.3 is 9.47 Å². The van der Waals surface area contributed by atoms with Crippen molar-refractivity contribution < 1.29 is 9.47 Å². The van der Waals surface area contributed by atoms with Crippen molar-refractivity contribution in [2.24, 2.45) is 17.8 Å². The van der Waals surface area contributed by atoms with Crippen LogP contribution in [0.4, 0.5) is 0 Å². The van der Waals surface area contributed by atoms with Crippen molar-refractivity contribution in [2.75, 3.05) is 13.7 Å². The van der Waals surface area contributed by atoms with Gasteiger partial charge in [-0.25, -0.2) is 0 Å². The number of fused-ring (bicyclic) bond motifs is 2. The summed E-state index contributed by atoms with van der Waals surface area (Å²) < 4.78 is 11.2. The molecule has 0 saturated heterocycles. The van der Waals surface area contributed by atoms with Crippen molar-refractivity contribution >= 4 is 0 Å². The Balaban J connectivity index is 1.85. The number of rotatable bonds is 5. The van der Waals surface area contributed by atoms with Crippen LogP contribution >= 0.6 is 0 Å². The first-order valence-corrected chi connectivity index (χ1v) is 5.99. The monoisotopic (exact) mass is 198 g/mol. The highest BCUT2D eigenvalue weighted by molar-refractivity contribution is 4.91. The molecular formula is C12H22O2. The molecule has 0 heterocycles. The Morgan fingerprint density at radius 2 is 2.14 bits per heavy atom. The molecule has 2 nitrogen and oxygen atoms in total. The maximum atomic E-state index is 5.75. The lowest BCUT2D eigenvalue weighted by Crippen LogP contribution is -2.30. The van der Waals surface area contributed by atoms with Gasteiger partial charge in [-0.2, -0.15) is 0 Å². The highest BCUT2D eigenvalue weighted by atomic mass is 16.7. The van der Waals surface area contributed by atoms with Crippen molar-refractivity contribution in [1.82, 2.24) is 0 Å². The van der Waals surface area contributed by atoms with Crippen LogP contribution in [0.15, 0.2) is 0 Å². The standard InChI is InChI=1S/C12H22O2/c1-3-6-14-12(13-2)11-8-9-4-5-10(11)7-9/h9-12H,3-8H2,1-2H3. The average molecular weight is 198 g/mol. The zero-order valence-electron chi connectivity index (χ0n) is 9.37. The molecule has 2 bridgehead atoms. The van der Waals surface area contributed by atoms with E-state index in [1.165, 1.54) is 25.7 Å². The third-order valence-corrected chi connectivity index (χ3v) is 3.86. The summed E-state index contributed by atoms with van der Waals surface area (Å²) in [6.45, 7) is 2.99. The second kappa shape index (κ2) is 4.63. The Bertz CT molecular complexity index is 181. The summed E-state index contributed by atoms with van der Waals surface area (Å²) >= 11 is 0. The zero-order valence-corrected chi connectivity index (χ0v) is 9.37. The van der Waals surface area contributed by atoms with E-state index in [0.717, 1.165) is 24.9 Å². The Kier molecular flexibility index (Phi) is 3.45. The van der Waals surface area contributed by atoms with Gasteiger partial charge in [-0.05, 0) is 37.5 Å². The summed E-state index contributed by atoms with van der Waals surface area (Å²) in [4.78, 5) is 0. The molecule has 2 aliphatic carbocycles. The summed E-state index contributed by atoms with van der Waals surface area (Å²) in [6, 6.07) is 0. The molecule has 2 saturated carbocycles. The number of hydrogen-bond donors (Lipinski definition) is 0. The molecule has 0 aromatic heterocycles. The highest BCUT2D eigenvalue weighted by Gasteiger charge is 2.43. The number of methoxy groups -OCH3 is 1. The molecule has 0 radical (unpaired) electrons. The molecule has 2 fully saturated rings. The quantitative estimate of drug-likeness (QED) is 0.632. The third kappa shape index (κ3) is 1.96. The van der Waals surface area contributed by atoms with Gasteiger partial charge in [0.15, 0.2) is 6.29 Å². The summed E-state index contributed by atoms with van der Waals surface area (Å²) in [5.41, 5.74) is 0. The Morgan fingerprint density at radius 3 is 2.64 bits per heavy atom. The predicted octanol–water partition coefficient (Wildman–Crippen LogP) is 2.82. The van der Waals surface area contributed by atoms with Crippen molar-refractivity contribution in [3.63, 3.8) is 0 Å². The first-order valence-electron chi connectivity index (χ1n) is 5.99. The zero-order chi connectivity index (χ0) is 9.97. The van der Waals surface area contributed by atoms with E-state index in [0.29, 0.717) is 5.92 Å². The number of ether oxygens (including phenoxy) is 2. The van der Waals surface area contributed by atoms with Crippen LogP contribution in [-0.4, -0.2) is 20.0 Å². The summed E-state index contributed by atoms with van der Waals surface area (Å²) in [6.07, 6.45) is 6.79. The Labute approximate surface area is 87.0 Å². The normalized spacial score (nSPS) is 37.7. The molecule has 0 spiro atoms. The van der Waals surface area contributed by atoms with E-state index in [2.05, 4.69) is 6.92 Å². The fourth-order valence-electron chi connectivity index (χ4n) is 3.23. The lowest BCUT2D eigenvalue weighted by molar-refractivity contribution is -0.165. The summed E-state index contributed by atoms with van der Waals surface area (Å²) in [5, 5.41) is 0. The van der Waals surface area contributed by atoms with Gasteiger partial charge >= 0.3 is 0 Å². The van der Waals surface area contributed by atoms with E-state index in [9.17, 15) is 0 Å². The minimum Gasteiger partial charge on any atom is -0.356 e. The molecule has 2 heteroatoms. The van der Waals surface area contributed by atoms with Crippen molar-refractivity contribution in [3.05, 3.63) is 0 Å². The second-order valence-electron chi connectivity index (χ2n) is 4.81. The van der Waals surface area contributed by atoms with E-state index in [1.807, 2.05) is 0 Å². The summed E-state index contributed by atoms with van der Waals surface area (Å²) in [5.74, 6) is 2.56. The molecule has 82 valence electrons. The topological polar surface area (TPSA) is 18.5 Å². The SMILES string of the molecule is CCCOC(OC)C1CC2CCC1C2. The predicted molar refractivity (Wildman–Crippen MR) is 56.0 cm³/mol. The minimum atomic E-state index is 0.0743. The van der Waals surface area contributed by atoms with Crippen LogP contribution in [-0.2, 0) is 9.47 Å². The van der Waals surface area contributed by atoms with Gasteiger partial charge in [0.25, 0.3) is 0 Å². The molecule has 4 unspecified atom stereocenters. The Hall–Kier alpha value is -0.0800. The van der Waals surface area contributed by atoms with Gasteiger partial charge in [0.2, 0.25) is 0 Å². The van der Waals surface area contributed by atoms with Gasteiger partial charge in [0, 0.05) is 19.6 Å². The third-order valence-electron chi connectivity index (χ3n) is 3.86. The fourth-order valence-corrected chi connectivity index (χ4v) is 3.23. The van der Waals surface area contributed by atoms with Crippen molar-refractivity contribution in [1.29, 1.82) is 0 Å². The smallest absolute Gasteiger partial charge is 0.160 e. The van der Waals surface area contributed by atoms with Crippen LogP contribution in [0.25, 0.3) is 0 Å². The van der Waals surface area contributed by atoms with Crippen molar-refractivity contribution in [3.8, 4) is 0 Å². The lowest BCUT2D eigenvalue weighted by Gasteiger charge is -2.29. The molecular weight excluding hydrogens is 176 g/mol. The maximum absolute atomic E-state index is 5.75. The van der Waals surface area contributed by atoms with E-state index in [1.54, 1.807) is 7.11 Å². The fraction of sp³-hybridized carbons (Fsp3) is 1.00. The van der Waals surface area contributed by atoms with E-state index in [4.69, 9.17) is 9.47 Å². The summed E-state index contributed by atoms with van der Waals surface area (Å²) in [7, 11) is 1.78. The van der Waals surface area contributed by atoms with Crippen LogP contribution in [0.2, 0.25) is 0 Å². The molecule has 0 aromatic rings. The molecule has 0 amide bonds. The molecule has 2 rings (SSSR count). The van der Waals surface area contributed by atoms with E-state index >= 15 is 0 Å². The van der Waals surface area contributed by atoms with Crippen LogP contribution in [0.3, 0.4) is 0 Å². The lowest BCUT2D eigenvalue weighted by atomic mass is 9.88. The van der Waals surface area contributed by atoms with Crippen molar-refractivity contribution in [2.45, 2.75) is 45.3 Å². The molecule has 0 aliphatic heterocycles. The van der Waals surface area contributed by atoms with Crippen LogP contribution in [0, 0.1) is 17.8 Å². The van der Waals surface area contributed by atoms with E-state index < -0.39 is 0 Å². The van der Waals surface area contributed by atoms with Crippen LogP contribution in [0.1, 0.15) is 39.0 Å². The highest BCUT2D eigenvalue weighted by Crippen LogP contribution is 2.50. The first-order chi connectivity index (χ1) is 6.85.